The molecule has 28 heavy (non-hydrogen) atoms. The van der Waals surface area contributed by atoms with Gasteiger partial charge >= 0.3 is 0 Å². The van der Waals surface area contributed by atoms with Crippen molar-refractivity contribution in [3.8, 4) is 0 Å². The van der Waals surface area contributed by atoms with E-state index in [2.05, 4.69) is 5.32 Å². The van der Waals surface area contributed by atoms with Crippen molar-refractivity contribution in [3.63, 3.8) is 0 Å². The van der Waals surface area contributed by atoms with Crippen molar-refractivity contribution in [2.24, 2.45) is 0 Å². The van der Waals surface area contributed by atoms with Gasteiger partial charge in [-0.2, -0.15) is 4.31 Å². The van der Waals surface area contributed by atoms with Gasteiger partial charge in [0, 0.05) is 31.6 Å². The standard InChI is InChI=1S/C21H22N2O4S/c24-21(19-13-17-3-1-2-4-18(17)14-19)22-15-16-5-7-20(8-6-16)28(25,26)23-9-11-27-12-10-23/h1-8,13H,9-12,14-15H2,(H,22,24). The molecular formula is C21H22N2O4S. The van der Waals surface area contributed by atoms with Crippen LogP contribution in [-0.4, -0.2) is 44.9 Å². The summed E-state index contributed by atoms with van der Waals surface area (Å²) in [5.74, 6) is -0.0961. The molecule has 1 aliphatic heterocycles. The van der Waals surface area contributed by atoms with E-state index in [4.69, 9.17) is 4.74 Å². The number of ether oxygens (including phenoxy) is 1. The molecule has 1 fully saturated rings. The number of hydrogen-bond acceptors (Lipinski definition) is 4. The van der Waals surface area contributed by atoms with Gasteiger partial charge in [0.2, 0.25) is 15.9 Å². The molecule has 6 nitrogen and oxygen atoms in total. The average molecular weight is 398 g/mol. The molecule has 0 spiro atoms. The van der Waals surface area contributed by atoms with E-state index in [1.54, 1.807) is 24.3 Å². The third-order valence-electron chi connectivity index (χ3n) is 5.04. The summed E-state index contributed by atoms with van der Waals surface area (Å²) in [4.78, 5) is 12.7. The lowest BCUT2D eigenvalue weighted by atomic mass is 10.1. The quantitative estimate of drug-likeness (QED) is 0.836. The Labute approximate surface area is 164 Å². The molecule has 4 rings (SSSR count). The van der Waals surface area contributed by atoms with Gasteiger partial charge in [-0.3, -0.25) is 4.79 Å². The maximum Gasteiger partial charge on any atom is 0.247 e. The van der Waals surface area contributed by atoms with Crippen LogP contribution in [0, 0.1) is 0 Å². The Morgan fingerprint density at radius 1 is 1.04 bits per heavy atom. The second kappa shape index (κ2) is 7.87. The van der Waals surface area contributed by atoms with E-state index in [1.165, 1.54) is 4.31 Å². The molecule has 7 heteroatoms. The zero-order valence-electron chi connectivity index (χ0n) is 15.4. The summed E-state index contributed by atoms with van der Waals surface area (Å²) in [6.45, 7) is 1.94. The SMILES string of the molecule is O=C(NCc1ccc(S(=O)(=O)N2CCOCC2)cc1)C1=Cc2ccccc2C1. The molecule has 1 heterocycles. The molecule has 146 valence electrons. The number of rotatable bonds is 5. The first-order chi connectivity index (χ1) is 13.5. The summed E-state index contributed by atoms with van der Waals surface area (Å²) < 4.78 is 31.9. The van der Waals surface area contributed by atoms with Crippen LogP contribution < -0.4 is 5.32 Å². The van der Waals surface area contributed by atoms with Crippen LogP contribution in [0.15, 0.2) is 59.0 Å². The lowest BCUT2D eigenvalue weighted by Gasteiger charge is -2.26. The van der Waals surface area contributed by atoms with Gasteiger partial charge < -0.3 is 10.1 Å². The van der Waals surface area contributed by atoms with E-state index < -0.39 is 10.0 Å². The molecule has 1 N–H and O–H groups in total. The second-order valence-electron chi connectivity index (χ2n) is 6.89. The molecule has 2 aliphatic rings. The number of sulfonamides is 1. The number of carbonyl (C=O) groups excluding carboxylic acids is 1. The zero-order valence-corrected chi connectivity index (χ0v) is 16.2. The van der Waals surface area contributed by atoms with Gasteiger partial charge in [0.15, 0.2) is 0 Å². The highest BCUT2D eigenvalue weighted by Crippen LogP contribution is 2.24. The third kappa shape index (κ3) is 3.87. The maximum absolute atomic E-state index is 12.6. The lowest BCUT2D eigenvalue weighted by molar-refractivity contribution is -0.117. The van der Waals surface area contributed by atoms with Gasteiger partial charge in [0.1, 0.15) is 0 Å². The molecule has 1 aliphatic carbocycles. The van der Waals surface area contributed by atoms with E-state index >= 15 is 0 Å². The molecule has 0 bridgehead atoms. The number of morpholine rings is 1. The molecule has 0 aromatic heterocycles. The van der Waals surface area contributed by atoms with Crippen LogP contribution in [0.2, 0.25) is 0 Å². The minimum absolute atomic E-state index is 0.0961. The molecule has 1 saturated heterocycles. The number of hydrogen-bond donors (Lipinski definition) is 1. The Kier molecular flexibility index (Phi) is 5.30. The molecule has 0 unspecified atom stereocenters. The third-order valence-corrected chi connectivity index (χ3v) is 6.95. The number of amides is 1. The molecule has 2 aromatic rings. The van der Waals surface area contributed by atoms with Crippen LogP contribution in [0.1, 0.15) is 16.7 Å². The minimum Gasteiger partial charge on any atom is -0.379 e. The van der Waals surface area contributed by atoms with Crippen molar-refractivity contribution < 1.29 is 17.9 Å². The van der Waals surface area contributed by atoms with Crippen LogP contribution in [-0.2, 0) is 32.5 Å². The fourth-order valence-electron chi connectivity index (χ4n) is 3.44. The van der Waals surface area contributed by atoms with E-state index in [0.29, 0.717) is 39.3 Å². The zero-order chi connectivity index (χ0) is 19.6. The number of fused-ring (bicyclic) bond motifs is 1. The Bertz CT molecular complexity index is 1010. The minimum atomic E-state index is -3.50. The van der Waals surface area contributed by atoms with Crippen molar-refractivity contribution >= 4 is 22.0 Å². The van der Waals surface area contributed by atoms with Crippen molar-refractivity contribution in [2.45, 2.75) is 17.9 Å². The highest BCUT2D eigenvalue weighted by Gasteiger charge is 2.26. The Morgan fingerprint density at radius 3 is 2.46 bits per heavy atom. The van der Waals surface area contributed by atoms with Crippen molar-refractivity contribution in [2.75, 3.05) is 26.3 Å². The molecule has 1 amide bonds. The Hall–Kier alpha value is -2.48. The van der Waals surface area contributed by atoms with Crippen molar-refractivity contribution in [1.82, 2.24) is 9.62 Å². The fraction of sp³-hybridized carbons (Fsp3) is 0.286. The van der Waals surface area contributed by atoms with Crippen LogP contribution in [0.5, 0.6) is 0 Å². The summed E-state index contributed by atoms with van der Waals surface area (Å²) in [6, 6.07) is 14.6. The fourth-order valence-corrected chi connectivity index (χ4v) is 4.84. The van der Waals surface area contributed by atoms with E-state index in [0.717, 1.165) is 22.3 Å². The molecule has 0 atom stereocenters. The molecule has 0 radical (unpaired) electrons. The van der Waals surface area contributed by atoms with E-state index in [-0.39, 0.29) is 10.8 Å². The van der Waals surface area contributed by atoms with Gasteiger partial charge in [0.25, 0.3) is 0 Å². The second-order valence-corrected chi connectivity index (χ2v) is 8.83. The lowest BCUT2D eigenvalue weighted by Crippen LogP contribution is -2.40. The van der Waals surface area contributed by atoms with Crippen molar-refractivity contribution in [3.05, 3.63) is 70.8 Å². The number of carbonyl (C=O) groups is 1. The highest BCUT2D eigenvalue weighted by atomic mass is 32.2. The average Bonchev–Trinajstić information content (AvgIpc) is 3.17. The van der Waals surface area contributed by atoms with E-state index in [9.17, 15) is 13.2 Å². The van der Waals surface area contributed by atoms with Crippen molar-refractivity contribution in [1.29, 1.82) is 0 Å². The van der Waals surface area contributed by atoms with E-state index in [1.807, 2.05) is 30.3 Å². The molecule has 0 saturated carbocycles. The van der Waals surface area contributed by atoms with Crippen LogP contribution in [0.4, 0.5) is 0 Å². The molecular weight excluding hydrogens is 376 g/mol. The first-order valence-electron chi connectivity index (χ1n) is 9.27. The van der Waals surface area contributed by atoms with Crippen LogP contribution >= 0.6 is 0 Å². The summed E-state index contributed by atoms with van der Waals surface area (Å²) in [5, 5.41) is 2.91. The topological polar surface area (TPSA) is 75.7 Å². The predicted octanol–water partition coefficient (Wildman–Crippen LogP) is 1.96. The van der Waals surface area contributed by atoms with Crippen LogP contribution in [0.25, 0.3) is 6.08 Å². The summed E-state index contributed by atoms with van der Waals surface area (Å²) in [6.07, 6.45) is 2.56. The number of nitrogens with zero attached hydrogens (tertiary/aromatic N) is 1. The smallest absolute Gasteiger partial charge is 0.247 e. The van der Waals surface area contributed by atoms with Gasteiger partial charge in [-0.15, -0.1) is 0 Å². The van der Waals surface area contributed by atoms with Gasteiger partial charge in [-0.1, -0.05) is 36.4 Å². The van der Waals surface area contributed by atoms with Gasteiger partial charge in [0.05, 0.1) is 18.1 Å². The summed E-state index contributed by atoms with van der Waals surface area (Å²) in [7, 11) is -3.50. The largest absolute Gasteiger partial charge is 0.379 e. The first-order valence-corrected chi connectivity index (χ1v) is 10.7. The summed E-state index contributed by atoms with van der Waals surface area (Å²) in [5.41, 5.74) is 3.84. The van der Waals surface area contributed by atoms with Crippen LogP contribution in [0.3, 0.4) is 0 Å². The Morgan fingerprint density at radius 2 is 1.75 bits per heavy atom. The first kappa shape index (κ1) is 18.9. The molecule has 2 aromatic carbocycles. The summed E-state index contributed by atoms with van der Waals surface area (Å²) >= 11 is 0. The number of benzene rings is 2. The predicted molar refractivity (Wildman–Crippen MR) is 106 cm³/mol. The van der Waals surface area contributed by atoms with Gasteiger partial charge in [-0.25, -0.2) is 8.42 Å². The Balaban J connectivity index is 1.37. The maximum atomic E-state index is 12.6. The highest BCUT2D eigenvalue weighted by molar-refractivity contribution is 7.89. The van der Waals surface area contributed by atoms with Gasteiger partial charge in [-0.05, 0) is 34.9 Å². The monoisotopic (exact) mass is 398 g/mol. The number of nitrogens with one attached hydrogen (secondary N) is 1. The normalized spacial score (nSPS) is 17.1.